The number of carbonyl (C=O) groups excluding carboxylic acids is 3. The molecule has 0 aliphatic heterocycles. The molecule has 100 valence electrons. The first-order valence-electron chi connectivity index (χ1n) is 5.60. The smallest absolute Gasteiger partial charge is 0.273 e. The van der Waals surface area contributed by atoms with Gasteiger partial charge in [0.2, 0.25) is 0 Å². The van der Waals surface area contributed by atoms with Crippen LogP contribution in [0.3, 0.4) is 0 Å². The van der Waals surface area contributed by atoms with E-state index in [1.807, 2.05) is 0 Å². The average Bonchev–Trinajstić information content (AvgIpc) is 2.27. The van der Waals surface area contributed by atoms with Crippen LogP contribution in [0.2, 0.25) is 0 Å². The number of hydrogen-bond acceptors (Lipinski definition) is 5. The summed E-state index contributed by atoms with van der Waals surface area (Å²) in [5.74, 6) is -3.04. The molecular formula is C13H13NO5. The molecule has 0 saturated heterocycles. The summed E-state index contributed by atoms with van der Waals surface area (Å²) in [4.78, 5) is 44.6. The van der Waals surface area contributed by atoms with E-state index in [1.165, 1.54) is 18.2 Å². The Balaban J connectivity index is 3.03. The summed E-state index contributed by atoms with van der Waals surface area (Å²) in [7, 11) is 0. The fourth-order valence-electron chi connectivity index (χ4n) is 1.87. The van der Waals surface area contributed by atoms with Gasteiger partial charge in [-0.1, -0.05) is 18.2 Å². The number of hydrogen-bond donors (Lipinski definition) is 0. The molecule has 0 radical (unpaired) electrons. The lowest BCUT2D eigenvalue weighted by Crippen LogP contribution is -2.30. The molecule has 0 unspecified atom stereocenters. The molecular weight excluding hydrogens is 250 g/mol. The van der Waals surface area contributed by atoms with Crippen molar-refractivity contribution < 1.29 is 19.3 Å². The molecule has 6 nitrogen and oxygen atoms in total. The van der Waals surface area contributed by atoms with E-state index >= 15 is 0 Å². The highest BCUT2D eigenvalue weighted by Crippen LogP contribution is 2.20. The number of nitro groups is 1. The molecule has 0 heterocycles. The zero-order valence-electron chi connectivity index (χ0n) is 10.6. The Morgan fingerprint density at radius 1 is 1.16 bits per heavy atom. The van der Waals surface area contributed by atoms with Gasteiger partial charge in [-0.2, -0.15) is 0 Å². The first kappa shape index (κ1) is 14.7. The number of nitrogens with zero attached hydrogens (tertiary/aromatic N) is 1. The quantitative estimate of drug-likeness (QED) is 0.440. The summed E-state index contributed by atoms with van der Waals surface area (Å²) in [6, 6.07) is 5.76. The molecule has 0 spiro atoms. The third-order valence-corrected chi connectivity index (χ3v) is 2.69. The highest BCUT2D eigenvalue weighted by atomic mass is 16.6. The van der Waals surface area contributed by atoms with Crippen molar-refractivity contribution in [3.63, 3.8) is 0 Å². The Kier molecular flexibility index (Phi) is 4.63. The van der Waals surface area contributed by atoms with Gasteiger partial charge in [-0.15, -0.1) is 0 Å². The zero-order valence-corrected chi connectivity index (χ0v) is 10.6. The Hall–Kier alpha value is -2.37. The topological polar surface area (TPSA) is 94.3 Å². The number of Topliss-reactive ketones (excluding diaryl/α,β-unsaturated/α-hetero) is 3. The molecule has 0 aliphatic rings. The van der Waals surface area contributed by atoms with Crippen LogP contribution in [0.4, 0.5) is 5.69 Å². The van der Waals surface area contributed by atoms with Gasteiger partial charge in [0.05, 0.1) is 4.92 Å². The van der Waals surface area contributed by atoms with E-state index in [1.54, 1.807) is 6.07 Å². The van der Waals surface area contributed by atoms with Crippen LogP contribution in [-0.2, 0) is 20.8 Å². The SMILES string of the molecule is CC(=O)C(C(C)=O)C(=O)Cc1ccccc1[N+](=O)[O-]. The molecule has 0 aromatic heterocycles. The van der Waals surface area contributed by atoms with Crippen LogP contribution in [0, 0.1) is 16.0 Å². The molecule has 0 aliphatic carbocycles. The lowest BCUT2D eigenvalue weighted by Gasteiger charge is -2.09. The van der Waals surface area contributed by atoms with Crippen LogP contribution in [0.15, 0.2) is 24.3 Å². The maximum Gasteiger partial charge on any atom is 0.273 e. The van der Waals surface area contributed by atoms with Gasteiger partial charge in [0.1, 0.15) is 17.5 Å². The summed E-state index contributed by atoms with van der Waals surface area (Å²) < 4.78 is 0. The maximum atomic E-state index is 11.9. The molecule has 1 aromatic rings. The van der Waals surface area contributed by atoms with E-state index in [-0.39, 0.29) is 17.7 Å². The fraction of sp³-hybridized carbons (Fsp3) is 0.308. The van der Waals surface area contributed by atoms with E-state index in [4.69, 9.17) is 0 Å². The number of para-hydroxylation sites is 1. The van der Waals surface area contributed by atoms with Crippen molar-refractivity contribution in [2.75, 3.05) is 0 Å². The monoisotopic (exact) mass is 263 g/mol. The molecule has 1 aromatic carbocycles. The molecule has 0 atom stereocenters. The minimum atomic E-state index is -1.33. The van der Waals surface area contributed by atoms with Crippen molar-refractivity contribution in [2.24, 2.45) is 5.92 Å². The van der Waals surface area contributed by atoms with Crippen molar-refractivity contribution in [2.45, 2.75) is 20.3 Å². The largest absolute Gasteiger partial charge is 0.299 e. The van der Waals surface area contributed by atoms with Crippen LogP contribution in [0.5, 0.6) is 0 Å². The van der Waals surface area contributed by atoms with Gasteiger partial charge in [-0.3, -0.25) is 24.5 Å². The Labute approximate surface area is 109 Å². The first-order valence-corrected chi connectivity index (χ1v) is 5.60. The molecule has 0 saturated carbocycles. The van der Waals surface area contributed by atoms with Crippen molar-refractivity contribution in [3.8, 4) is 0 Å². The molecule has 0 amide bonds. The van der Waals surface area contributed by atoms with Crippen LogP contribution in [-0.4, -0.2) is 22.3 Å². The van der Waals surface area contributed by atoms with Gasteiger partial charge >= 0.3 is 0 Å². The second kappa shape index (κ2) is 5.99. The van der Waals surface area contributed by atoms with Crippen LogP contribution in [0.1, 0.15) is 19.4 Å². The second-order valence-corrected chi connectivity index (χ2v) is 4.18. The van der Waals surface area contributed by atoms with Gasteiger partial charge < -0.3 is 0 Å². The Morgan fingerprint density at radius 3 is 2.16 bits per heavy atom. The normalized spacial score (nSPS) is 10.3. The van der Waals surface area contributed by atoms with E-state index in [0.717, 1.165) is 13.8 Å². The van der Waals surface area contributed by atoms with Crippen molar-refractivity contribution in [3.05, 3.63) is 39.9 Å². The predicted octanol–water partition coefficient (Wildman–Crippen LogP) is 1.50. The summed E-state index contributed by atoms with van der Waals surface area (Å²) in [6.45, 7) is 2.31. The Morgan fingerprint density at radius 2 is 1.68 bits per heavy atom. The van der Waals surface area contributed by atoms with E-state index in [2.05, 4.69) is 0 Å². The molecule has 6 heteroatoms. The molecule has 0 N–H and O–H groups in total. The molecule has 19 heavy (non-hydrogen) atoms. The molecule has 0 bridgehead atoms. The number of ketones is 3. The van der Waals surface area contributed by atoms with E-state index < -0.39 is 28.2 Å². The van der Waals surface area contributed by atoms with Crippen molar-refractivity contribution in [1.29, 1.82) is 0 Å². The third kappa shape index (κ3) is 3.54. The first-order chi connectivity index (χ1) is 8.84. The second-order valence-electron chi connectivity index (χ2n) is 4.18. The van der Waals surface area contributed by atoms with Gasteiger partial charge in [0.25, 0.3) is 5.69 Å². The zero-order chi connectivity index (χ0) is 14.6. The third-order valence-electron chi connectivity index (χ3n) is 2.69. The van der Waals surface area contributed by atoms with Crippen LogP contribution in [0.25, 0.3) is 0 Å². The number of nitro benzene ring substituents is 1. The summed E-state index contributed by atoms with van der Waals surface area (Å²) in [5, 5.41) is 10.8. The summed E-state index contributed by atoms with van der Waals surface area (Å²) in [5.41, 5.74) is 0.00621. The lowest BCUT2D eigenvalue weighted by atomic mass is 9.91. The van der Waals surface area contributed by atoms with E-state index in [0.29, 0.717) is 0 Å². The summed E-state index contributed by atoms with van der Waals surface area (Å²) in [6.07, 6.45) is -0.305. The molecule has 1 rings (SSSR count). The predicted molar refractivity (Wildman–Crippen MR) is 66.7 cm³/mol. The lowest BCUT2D eigenvalue weighted by molar-refractivity contribution is -0.385. The summed E-state index contributed by atoms with van der Waals surface area (Å²) >= 11 is 0. The number of carbonyl (C=O) groups is 3. The van der Waals surface area contributed by atoms with Gasteiger partial charge in [0.15, 0.2) is 5.78 Å². The molecule has 0 fully saturated rings. The van der Waals surface area contributed by atoms with Crippen molar-refractivity contribution >= 4 is 23.0 Å². The minimum Gasteiger partial charge on any atom is -0.299 e. The highest BCUT2D eigenvalue weighted by molar-refractivity contribution is 6.18. The Bertz CT molecular complexity index is 536. The van der Waals surface area contributed by atoms with E-state index in [9.17, 15) is 24.5 Å². The van der Waals surface area contributed by atoms with Crippen LogP contribution >= 0.6 is 0 Å². The van der Waals surface area contributed by atoms with Gasteiger partial charge in [-0.05, 0) is 13.8 Å². The average molecular weight is 263 g/mol. The highest BCUT2D eigenvalue weighted by Gasteiger charge is 2.29. The maximum absolute atomic E-state index is 11.9. The number of benzene rings is 1. The number of rotatable bonds is 6. The van der Waals surface area contributed by atoms with Crippen LogP contribution < -0.4 is 0 Å². The van der Waals surface area contributed by atoms with Gasteiger partial charge in [0, 0.05) is 18.1 Å². The fourth-order valence-corrected chi connectivity index (χ4v) is 1.87. The van der Waals surface area contributed by atoms with Gasteiger partial charge in [-0.25, -0.2) is 0 Å². The van der Waals surface area contributed by atoms with Crippen molar-refractivity contribution in [1.82, 2.24) is 0 Å². The standard InChI is InChI=1S/C13H13NO5/c1-8(15)13(9(2)16)12(17)7-10-5-3-4-6-11(10)14(18)19/h3-6,13H,7H2,1-2H3. The minimum absolute atomic E-state index is 0.193.